The molecule has 0 spiro atoms. The van der Waals surface area contributed by atoms with Gasteiger partial charge in [-0.05, 0) is 6.07 Å². The maximum absolute atomic E-state index is 14.5. The van der Waals surface area contributed by atoms with Gasteiger partial charge in [-0.3, -0.25) is 4.79 Å². The molecule has 4 rings (SSSR count). The van der Waals surface area contributed by atoms with Crippen LogP contribution in [-0.2, 0) is 4.57 Å². The van der Waals surface area contributed by atoms with Crippen LogP contribution in [0.2, 0.25) is 0 Å². The van der Waals surface area contributed by atoms with Crippen LogP contribution in [0.1, 0.15) is 0 Å². The van der Waals surface area contributed by atoms with E-state index in [0.717, 1.165) is 0 Å². The largest absolute Gasteiger partial charge is 0.502 e. The van der Waals surface area contributed by atoms with Gasteiger partial charge in [-0.25, -0.2) is 0 Å². The average molecular weight is 361 g/mol. The topological polar surface area (TPSA) is 70.2 Å². The summed E-state index contributed by atoms with van der Waals surface area (Å²) in [6.07, 6.45) is 0. The zero-order valence-electron chi connectivity index (χ0n) is 13.8. The molecule has 1 aromatic heterocycles. The van der Waals surface area contributed by atoms with Crippen LogP contribution in [0.5, 0.6) is 5.75 Å². The van der Waals surface area contributed by atoms with Crippen LogP contribution in [0.3, 0.4) is 0 Å². The van der Waals surface area contributed by atoms with Gasteiger partial charge in [-0.1, -0.05) is 78.9 Å². The van der Waals surface area contributed by atoms with E-state index in [1.54, 1.807) is 72.8 Å². The first-order chi connectivity index (χ1) is 12.6. The summed E-state index contributed by atoms with van der Waals surface area (Å²) in [5.74, 6) is -0.500. The fourth-order valence-electron chi connectivity index (χ4n) is 3.22. The van der Waals surface area contributed by atoms with Gasteiger partial charge in [-0.15, -0.1) is 0 Å². The number of aromatic hydroxyl groups is 1. The lowest BCUT2D eigenvalue weighted by molar-refractivity contribution is 0.471. The Hall–Kier alpha value is -3.10. The fourth-order valence-corrected chi connectivity index (χ4v) is 6.15. The summed E-state index contributed by atoms with van der Waals surface area (Å²) in [7, 11) is -3.46. The molecule has 0 unspecified atom stereocenters. The number of benzene rings is 3. The predicted molar refractivity (Wildman–Crippen MR) is 106 cm³/mol. The van der Waals surface area contributed by atoms with E-state index in [1.165, 1.54) is 0 Å². The number of aromatic nitrogens is 1. The lowest BCUT2D eigenvalue weighted by atomic mass is 10.2. The van der Waals surface area contributed by atoms with Crippen molar-refractivity contribution in [1.29, 1.82) is 0 Å². The molecule has 0 aliphatic rings. The zero-order chi connectivity index (χ0) is 18.1. The van der Waals surface area contributed by atoms with Crippen molar-refractivity contribution in [3.63, 3.8) is 0 Å². The van der Waals surface area contributed by atoms with E-state index in [1.807, 2.05) is 12.1 Å². The molecule has 0 atom stereocenters. The quantitative estimate of drug-likeness (QED) is 0.551. The third kappa shape index (κ3) is 2.47. The minimum atomic E-state index is -3.46. The van der Waals surface area contributed by atoms with Crippen molar-refractivity contribution in [2.45, 2.75) is 0 Å². The Morgan fingerprint density at radius 1 is 0.731 bits per heavy atom. The summed E-state index contributed by atoms with van der Waals surface area (Å²) in [6, 6.07) is 25.0. The van der Waals surface area contributed by atoms with Gasteiger partial charge in [0.25, 0.3) is 5.56 Å². The third-order valence-corrected chi connectivity index (χ3v) is 7.56. The second-order valence-corrected chi connectivity index (χ2v) is 8.68. The van der Waals surface area contributed by atoms with Crippen molar-refractivity contribution in [2.75, 3.05) is 0 Å². The molecule has 0 bridgehead atoms. The molecule has 0 amide bonds. The summed E-state index contributed by atoms with van der Waals surface area (Å²) in [4.78, 5) is 15.0. The van der Waals surface area contributed by atoms with E-state index in [4.69, 9.17) is 0 Å². The van der Waals surface area contributed by atoms with Gasteiger partial charge >= 0.3 is 0 Å². The first-order valence-corrected chi connectivity index (χ1v) is 9.89. The van der Waals surface area contributed by atoms with Gasteiger partial charge in [0.05, 0.1) is 5.30 Å². The van der Waals surface area contributed by atoms with Gasteiger partial charge in [0.2, 0.25) is 0 Å². The van der Waals surface area contributed by atoms with E-state index in [9.17, 15) is 14.5 Å². The summed E-state index contributed by atoms with van der Waals surface area (Å²) < 4.78 is 14.5. The average Bonchev–Trinajstić information content (AvgIpc) is 2.70. The van der Waals surface area contributed by atoms with E-state index < -0.39 is 18.5 Å². The Labute approximate surface area is 150 Å². The van der Waals surface area contributed by atoms with Crippen molar-refractivity contribution in [2.24, 2.45) is 0 Å². The standard InChI is InChI=1S/C21H16NO3P/c23-19-20(17-13-7-8-14-18(17)22-21(19)24)26(25,15-9-3-1-4-10-15)16-11-5-2-6-12-16/h1-14,23H,(H,22,24). The first-order valence-electron chi connectivity index (χ1n) is 8.18. The van der Waals surface area contributed by atoms with Crippen molar-refractivity contribution >= 4 is 34.0 Å². The summed E-state index contributed by atoms with van der Waals surface area (Å²) in [5, 5.41) is 12.5. The van der Waals surface area contributed by atoms with E-state index in [2.05, 4.69) is 4.98 Å². The lowest BCUT2D eigenvalue weighted by Crippen LogP contribution is -2.29. The minimum Gasteiger partial charge on any atom is -0.502 e. The molecule has 0 aliphatic heterocycles. The molecular formula is C21H16NO3P. The molecular weight excluding hydrogens is 345 g/mol. The monoisotopic (exact) mass is 361 g/mol. The van der Waals surface area contributed by atoms with Crippen molar-refractivity contribution in [1.82, 2.24) is 4.98 Å². The van der Waals surface area contributed by atoms with E-state index in [-0.39, 0.29) is 5.30 Å². The fraction of sp³-hybridized carbons (Fsp3) is 0. The number of nitrogens with one attached hydrogen (secondary N) is 1. The third-order valence-electron chi connectivity index (χ3n) is 4.42. The molecule has 0 radical (unpaired) electrons. The Morgan fingerprint density at radius 2 is 1.23 bits per heavy atom. The number of aromatic amines is 1. The predicted octanol–water partition coefficient (Wildman–Crippen LogP) is 2.87. The Balaban J connectivity index is 2.20. The first kappa shape index (κ1) is 16.4. The van der Waals surface area contributed by atoms with Crippen molar-refractivity contribution in [3.8, 4) is 5.75 Å². The van der Waals surface area contributed by atoms with Gasteiger partial charge in [0.1, 0.15) is 0 Å². The summed E-state index contributed by atoms with van der Waals surface area (Å²) >= 11 is 0. The molecule has 0 saturated carbocycles. The van der Waals surface area contributed by atoms with Gasteiger partial charge < -0.3 is 14.7 Å². The van der Waals surface area contributed by atoms with Crippen LogP contribution in [0.15, 0.2) is 89.7 Å². The highest BCUT2D eigenvalue weighted by Gasteiger charge is 2.35. The van der Waals surface area contributed by atoms with Crippen LogP contribution in [0.4, 0.5) is 0 Å². The van der Waals surface area contributed by atoms with E-state index in [0.29, 0.717) is 21.5 Å². The Bertz CT molecular complexity index is 1140. The molecule has 2 N–H and O–H groups in total. The Kier molecular flexibility index (Phi) is 3.98. The second-order valence-electron chi connectivity index (χ2n) is 5.98. The number of pyridine rings is 1. The molecule has 0 saturated heterocycles. The van der Waals surface area contributed by atoms with Crippen molar-refractivity contribution in [3.05, 3.63) is 95.3 Å². The van der Waals surface area contributed by atoms with E-state index >= 15 is 0 Å². The number of H-pyrrole nitrogens is 1. The second kappa shape index (κ2) is 6.32. The number of para-hydroxylation sites is 1. The van der Waals surface area contributed by atoms with Crippen molar-refractivity contribution < 1.29 is 9.67 Å². The summed E-state index contributed by atoms with van der Waals surface area (Å²) in [6.45, 7) is 0. The Morgan fingerprint density at radius 3 is 1.81 bits per heavy atom. The highest BCUT2D eigenvalue weighted by Crippen LogP contribution is 2.45. The molecule has 4 nitrogen and oxygen atoms in total. The lowest BCUT2D eigenvalue weighted by Gasteiger charge is -2.22. The normalized spacial score (nSPS) is 11.5. The highest BCUT2D eigenvalue weighted by atomic mass is 31.2. The molecule has 3 aromatic carbocycles. The van der Waals surface area contributed by atoms with Crippen LogP contribution in [0.25, 0.3) is 10.9 Å². The SMILES string of the molecule is O=c1[nH]c2ccccc2c(P(=O)(c2ccccc2)c2ccccc2)c1O. The number of hydrogen-bond donors (Lipinski definition) is 2. The van der Waals surface area contributed by atoms with Gasteiger partial charge in [-0.2, -0.15) is 0 Å². The molecule has 0 aliphatic carbocycles. The number of rotatable bonds is 3. The molecule has 1 heterocycles. The molecule has 4 aromatic rings. The van der Waals surface area contributed by atoms with Crippen LogP contribution < -0.4 is 21.5 Å². The number of fused-ring (bicyclic) bond motifs is 1. The summed E-state index contributed by atoms with van der Waals surface area (Å²) in [5.41, 5.74) is -0.108. The molecule has 26 heavy (non-hydrogen) atoms. The molecule has 0 fully saturated rings. The maximum atomic E-state index is 14.5. The smallest absolute Gasteiger partial charge is 0.291 e. The minimum absolute atomic E-state index is 0.175. The van der Waals surface area contributed by atoms with Gasteiger partial charge in [0, 0.05) is 21.5 Å². The number of hydrogen-bond acceptors (Lipinski definition) is 3. The van der Waals surface area contributed by atoms with Crippen LogP contribution in [0, 0.1) is 0 Å². The van der Waals surface area contributed by atoms with Gasteiger partial charge in [0.15, 0.2) is 12.9 Å². The molecule has 128 valence electrons. The van der Waals surface area contributed by atoms with Crippen LogP contribution >= 0.6 is 7.14 Å². The zero-order valence-corrected chi connectivity index (χ0v) is 14.7. The highest BCUT2D eigenvalue weighted by molar-refractivity contribution is 7.85. The maximum Gasteiger partial charge on any atom is 0.291 e. The van der Waals surface area contributed by atoms with Crippen LogP contribution in [-0.4, -0.2) is 10.1 Å². The molecule has 5 heteroatoms.